The standard InChI is InChI=1S/C13H14ClN3O2/c1-7(11-12(18)8(2)15-13(11)19)16-17-10-5-3-9(14)4-6-10/h3-6,8,17-18H,1-2H3,(H,15,19). The van der Waals surface area contributed by atoms with Crippen molar-refractivity contribution in [3.63, 3.8) is 0 Å². The van der Waals surface area contributed by atoms with Gasteiger partial charge in [0.1, 0.15) is 11.3 Å². The predicted octanol–water partition coefficient (Wildman–Crippen LogP) is 2.46. The molecule has 0 saturated heterocycles. The summed E-state index contributed by atoms with van der Waals surface area (Å²) in [5.74, 6) is -0.298. The first kappa shape index (κ1) is 13.4. The van der Waals surface area contributed by atoms with E-state index in [0.717, 1.165) is 5.69 Å². The summed E-state index contributed by atoms with van der Waals surface area (Å²) in [4.78, 5) is 11.6. The number of nitrogens with one attached hydrogen (secondary N) is 2. The van der Waals surface area contributed by atoms with E-state index in [0.29, 0.717) is 10.7 Å². The number of amides is 1. The summed E-state index contributed by atoms with van der Waals surface area (Å²) in [5.41, 5.74) is 4.20. The second-order valence-electron chi connectivity index (χ2n) is 4.27. The first-order valence-electron chi connectivity index (χ1n) is 5.79. The molecule has 2 rings (SSSR count). The number of hydrazone groups is 1. The third kappa shape index (κ3) is 2.88. The Morgan fingerprint density at radius 3 is 2.58 bits per heavy atom. The SMILES string of the molecule is CC(=NNc1ccc(Cl)cc1)C1=C(O)C(C)NC1=O. The van der Waals surface area contributed by atoms with Crippen LogP contribution in [0.15, 0.2) is 40.7 Å². The Hall–Kier alpha value is -2.01. The first-order chi connectivity index (χ1) is 8.99. The van der Waals surface area contributed by atoms with Gasteiger partial charge in [0.15, 0.2) is 0 Å². The second kappa shape index (κ2) is 5.32. The lowest BCUT2D eigenvalue weighted by Gasteiger charge is -2.03. The van der Waals surface area contributed by atoms with Crippen molar-refractivity contribution in [1.29, 1.82) is 0 Å². The molecule has 0 fully saturated rings. The molecule has 0 spiro atoms. The van der Waals surface area contributed by atoms with Crippen molar-refractivity contribution in [2.75, 3.05) is 5.43 Å². The Kier molecular flexibility index (Phi) is 3.76. The molecule has 0 aromatic heterocycles. The number of aliphatic hydroxyl groups is 1. The number of rotatable bonds is 3. The maximum Gasteiger partial charge on any atom is 0.257 e. The number of anilines is 1. The zero-order chi connectivity index (χ0) is 14.0. The van der Waals surface area contributed by atoms with Gasteiger partial charge in [-0.3, -0.25) is 10.2 Å². The minimum absolute atomic E-state index is 0.0177. The normalized spacial score (nSPS) is 19.6. The Labute approximate surface area is 116 Å². The number of nitrogens with zero attached hydrogens (tertiary/aromatic N) is 1. The molecular formula is C13H14ClN3O2. The van der Waals surface area contributed by atoms with Crippen molar-refractivity contribution < 1.29 is 9.90 Å². The van der Waals surface area contributed by atoms with E-state index in [-0.39, 0.29) is 23.3 Å². The Morgan fingerprint density at radius 1 is 1.42 bits per heavy atom. The van der Waals surface area contributed by atoms with Crippen LogP contribution in [-0.4, -0.2) is 22.8 Å². The zero-order valence-corrected chi connectivity index (χ0v) is 11.3. The van der Waals surface area contributed by atoms with Crippen molar-refractivity contribution in [2.45, 2.75) is 19.9 Å². The highest BCUT2D eigenvalue weighted by atomic mass is 35.5. The summed E-state index contributed by atoms with van der Waals surface area (Å²) in [6, 6.07) is 6.63. The Morgan fingerprint density at radius 2 is 2.05 bits per heavy atom. The van der Waals surface area contributed by atoms with Crippen molar-refractivity contribution in [1.82, 2.24) is 5.32 Å². The summed E-state index contributed by atoms with van der Waals surface area (Å²) >= 11 is 5.78. The van der Waals surface area contributed by atoms with Gasteiger partial charge < -0.3 is 10.4 Å². The van der Waals surface area contributed by atoms with Crippen molar-refractivity contribution >= 4 is 28.9 Å². The van der Waals surface area contributed by atoms with E-state index >= 15 is 0 Å². The van der Waals surface area contributed by atoms with Gasteiger partial charge in [0.05, 0.1) is 17.4 Å². The highest BCUT2D eigenvalue weighted by Gasteiger charge is 2.30. The van der Waals surface area contributed by atoms with Crippen molar-refractivity contribution in [3.8, 4) is 0 Å². The summed E-state index contributed by atoms with van der Waals surface area (Å²) in [5, 5.41) is 17.1. The van der Waals surface area contributed by atoms with Crippen LogP contribution in [0.4, 0.5) is 5.69 Å². The molecule has 0 aliphatic carbocycles. The summed E-state index contributed by atoms with van der Waals surface area (Å²) in [7, 11) is 0. The van der Waals surface area contributed by atoms with Gasteiger partial charge in [0.2, 0.25) is 0 Å². The molecule has 1 aromatic rings. The molecule has 1 unspecified atom stereocenters. The smallest absolute Gasteiger partial charge is 0.257 e. The van der Waals surface area contributed by atoms with E-state index in [4.69, 9.17) is 11.6 Å². The van der Waals surface area contributed by atoms with Crippen molar-refractivity contribution in [2.24, 2.45) is 5.10 Å². The number of hydrogen-bond donors (Lipinski definition) is 3. The van der Waals surface area contributed by atoms with Crippen molar-refractivity contribution in [3.05, 3.63) is 40.6 Å². The molecular weight excluding hydrogens is 266 g/mol. The van der Waals surface area contributed by atoms with Gasteiger partial charge in [-0.05, 0) is 38.1 Å². The van der Waals surface area contributed by atoms with Gasteiger partial charge in [0.25, 0.3) is 5.91 Å². The average molecular weight is 280 g/mol. The van der Waals surface area contributed by atoms with Crippen LogP contribution < -0.4 is 10.7 Å². The fraction of sp³-hybridized carbons (Fsp3) is 0.231. The van der Waals surface area contributed by atoms with Gasteiger partial charge in [0, 0.05) is 5.02 Å². The van der Waals surface area contributed by atoms with E-state index in [1.54, 1.807) is 38.1 Å². The molecule has 1 heterocycles. The topological polar surface area (TPSA) is 73.7 Å². The van der Waals surface area contributed by atoms with Crippen LogP contribution >= 0.6 is 11.6 Å². The molecule has 0 bridgehead atoms. The van der Waals surface area contributed by atoms with Crippen LogP contribution in [0, 0.1) is 0 Å². The molecule has 1 aliphatic heterocycles. The molecule has 1 atom stereocenters. The van der Waals surface area contributed by atoms with E-state index in [1.165, 1.54) is 0 Å². The van der Waals surface area contributed by atoms with Crippen LogP contribution in [0.2, 0.25) is 5.02 Å². The van der Waals surface area contributed by atoms with Crippen LogP contribution in [0.3, 0.4) is 0 Å². The van der Waals surface area contributed by atoms with E-state index in [2.05, 4.69) is 15.8 Å². The third-order valence-electron chi connectivity index (χ3n) is 2.80. The number of benzene rings is 1. The number of aliphatic hydroxyl groups excluding tert-OH is 1. The van der Waals surface area contributed by atoms with Gasteiger partial charge in [-0.2, -0.15) is 5.10 Å². The minimum Gasteiger partial charge on any atom is -0.509 e. The highest BCUT2D eigenvalue weighted by molar-refractivity contribution is 6.30. The Balaban J connectivity index is 2.16. The first-order valence-corrected chi connectivity index (χ1v) is 6.17. The van der Waals surface area contributed by atoms with Crippen LogP contribution in [0.25, 0.3) is 0 Å². The summed E-state index contributed by atoms with van der Waals surface area (Å²) in [6.07, 6.45) is 0. The molecule has 6 heteroatoms. The predicted molar refractivity (Wildman–Crippen MR) is 75.4 cm³/mol. The lowest BCUT2D eigenvalue weighted by Crippen LogP contribution is -2.26. The zero-order valence-electron chi connectivity index (χ0n) is 10.6. The molecule has 0 saturated carbocycles. The number of hydrogen-bond acceptors (Lipinski definition) is 4. The molecule has 0 radical (unpaired) electrons. The fourth-order valence-electron chi connectivity index (χ4n) is 1.75. The summed E-state index contributed by atoms with van der Waals surface area (Å²) < 4.78 is 0. The monoisotopic (exact) mass is 279 g/mol. The third-order valence-corrected chi connectivity index (χ3v) is 3.05. The highest BCUT2D eigenvalue weighted by Crippen LogP contribution is 2.17. The lowest BCUT2D eigenvalue weighted by molar-refractivity contribution is -0.116. The fourth-order valence-corrected chi connectivity index (χ4v) is 1.87. The molecule has 1 amide bonds. The number of carbonyl (C=O) groups excluding carboxylic acids is 1. The molecule has 1 aliphatic rings. The average Bonchev–Trinajstić information content (AvgIpc) is 2.62. The van der Waals surface area contributed by atoms with Crippen LogP contribution in [0.5, 0.6) is 0 Å². The van der Waals surface area contributed by atoms with E-state index in [9.17, 15) is 9.90 Å². The van der Waals surface area contributed by atoms with Crippen LogP contribution in [0.1, 0.15) is 13.8 Å². The molecule has 1 aromatic carbocycles. The van der Waals surface area contributed by atoms with Gasteiger partial charge in [-0.25, -0.2) is 0 Å². The van der Waals surface area contributed by atoms with E-state index < -0.39 is 0 Å². The lowest BCUT2D eigenvalue weighted by atomic mass is 10.1. The maximum absolute atomic E-state index is 11.6. The Bertz CT molecular complexity index is 564. The maximum atomic E-state index is 11.6. The quantitative estimate of drug-likeness (QED) is 0.588. The summed E-state index contributed by atoms with van der Waals surface area (Å²) in [6.45, 7) is 3.37. The molecule has 100 valence electrons. The molecule has 3 N–H and O–H groups in total. The van der Waals surface area contributed by atoms with Crippen LogP contribution in [-0.2, 0) is 4.79 Å². The number of carbonyl (C=O) groups is 1. The largest absolute Gasteiger partial charge is 0.509 e. The van der Waals surface area contributed by atoms with E-state index in [1.807, 2.05) is 0 Å². The minimum atomic E-state index is -0.372. The second-order valence-corrected chi connectivity index (χ2v) is 4.71. The van der Waals surface area contributed by atoms with Gasteiger partial charge >= 0.3 is 0 Å². The molecule has 19 heavy (non-hydrogen) atoms. The van der Waals surface area contributed by atoms with Gasteiger partial charge in [-0.15, -0.1) is 0 Å². The number of halogens is 1. The molecule has 5 nitrogen and oxygen atoms in total. The van der Waals surface area contributed by atoms with Gasteiger partial charge in [-0.1, -0.05) is 11.6 Å².